The molecule has 4 nitrogen and oxygen atoms in total. The molecule has 2 aromatic heterocycles. The van der Waals surface area contributed by atoms with Crippen LogP contribution in [0.25, 0.3) is 11.3 Å². The minimum absolute atomic E-state index is 0.125. The first-order valence-corrected chi connectivity index (χ1v) is 7.88. The molecule has 104 valence electrons. The predicted molar refractivity (Wildman–Crippen MR) is 80.5 cm³/mol. The summed E-state index contributed by atoms with van der Waals surface area (Å²) in [6.45, 7) is 0. The van der Waals surface area contributed by atoms with Gasteiger partial charge in [0, 0.05) is 29.3 Å². The van der Waals surface area contributed by atoms with Crippen molar-refractivity contribution in [2.24, 2.45) is 5.92 Å². The quantitative estimate of drug-likeness (QED) is 0.936. The third-order valence-corrected chi connectivity index (χ3v) is 4.44. The van der Waals surface area contributed by atoms with Crippen molar-refractivity contribution in [2.45, 2.75) is 32.1 Å². The van der Waals surface area contributed by atoms with Gasteiger partial charge in [-0.15, -0.1) is 11.3 Å². The zero-order valence-corrected chi connectivity index (χ0v) is 12.0. The average molecular weight is 287 g/mol. The Kier molecular flexibility index (Phi) is 4.06. The molecular formula is C15H17N3OS. The highest BCUT2D eigenvalue weighted by Gasteiger charge is 2.21. The van der Waals surface area contributed by atoms with Crippen molar-refractivity contribution in [3.8, 4) is 11.3 Å². The number of rotatable bonds is 3. The van der Waals surface area contributed by atoms with E-state index in [4.69, 9.17) is 0 Å². The lowest BCUT2D eigenvalue weighted by Crippen LogP contribution is -2.24. The van der Waals surface area contributed by atoms with Gasteiger partial charge in [0.2, 0.25) is 5.91 Å². The first-order valence-electron chi connectivity index (χ1n) is 7.00. The van der Waals surface area contributed by atoms with Gasteiger partial charge in [-0.3, -0.25) is 9.78 Å². The highest BCUT2D eigenvalue weighted by Crippen LogP contribution is 2.27. The van der Waals surface area contributed by atoms with Gasteiger partial charge in [0.15, 0.2) is 5.13 Å². The molecule has 1 aliphatic rings. The zero-order chi connectivity index (χ0) is 13.8. The van der Waals surface area contributed by atoms with Crippen LogP contribution < -0.4 is 5.32 Å². The molecule has 0 aliphatic heterocycles. The molecule has 1 aliphatic carbocycles. The summed E-state index contributed by atoms with van der Waals surface area (Å²) in [5, 5.41) is 5.61. The van der Waals surface area contributed by atoms with Crippen molar-refractivity contribution in [1.82, 2.24) is 9.97 Å². The summed E-state index contributed by atoms with van der Waals surface area (Å²) in [7, 11) is 0. The SMILES string of the molecule is O=C(Nc1nc(-c2ccncc2)cs1)C1CCCCC1. The predicted octanol–water partition coefficient (Wildman–Crippen LogP) is 3.72. The van der Waals surface area contributed by atoms with Crippen LogP contribution in [0.4, 0.5) is 5.13 Å². The first-order chi connectivity index (χ1) is 9.83. The fourth-order valence-electron chi connectivity index (χ4n) is 2.56. The molecule has 0 atom stereocenters. The molecule has 5 heteroatoms. The molecule has 0 aromatic carbocycles. The Labute approximate surface area is 122 Å². The van der Waals surface area contributed by atoms with Crippen LogP contribution in [-0.4, -0.2) is 15.9 Å². The van der Waals surface area contributed by atoms with E-state index >= 15 is 0 Å². The van der Waals surface area contributed by atoms with Crippen molar-refractivity contribution in [3.63, 3.8) is 0 Å². The first kappa shape index (κ1) is 13.2. The molecule has 1 N–H and O–H groups in total. The van der Waals surface area contributed by atoms with Gasteiger partial charge in [0.25, 0.3) is 0 Å². The number of hydrogen-bond donors (Lipinski definition) is 1. The number of thiazole rings is 1. The number of carbonyl (C=O) groups is 1. The van der Waals surface area contributed by atoms with E-state index < -0.39 is 0 Å². The molecule has 0 spiro atoms. The van der Waals surface area contributed by atoms with E-state index in [-0.39, 0.29) is 11.8 Å². The van der Waals surface area contributed by atoms with Gasteiger partial charge >= 0.3 is 0 Å². The molecule has 1 amide bonds. The van der Waals surface area contributed by atoms with Crippen LogP contribution in [0.1, 0.15) is 32.1 Å². The smallest absolute Gasteiger partial charge is 0.229 e. The maximum absolute atomic E-state index is 12.2. The van der Waals surface area contributed by atoms with E-state index in [0.29, 0.717) is 5.13 Å². The molecular weight excluding hydrogens is 270 g/mol. The Morgan fingerprint density at radius 1 is 1.20 bits per heavy atom. The molecule has 3 rings (SSSR count). The largest absolute Gasteiger partial charge is 0.302 e. The normalized spacial score (nSPS) is 16.0. The van der Waals surface area contributed by atoms with E-state index in [1.165, 1.54) is 17.8 Å². The van der Waals surface area contributed by atoms with E-state index in [1.807, 2.05) is 17.5 Å². The minimum Gasteiger partial charge on any atom is -0.302 e. The summed E-state index contributed by atoms with van der Waals surface area (Å²) < 4.78 is 0. The van der Waals surface area contributed by atoms with Crippen LogP contribution >= 0.6 is 11.3 Å². The Bertz CT molecular complexity index is 576. The summed E-state index contributed by atoms with van der Waals surface area (Å²) in [6, 6.07) is 3.84. The number of hydrogen-bond acceptors (Lipinski definition) is 4. The lowest BCUT2D eigenvalue weighted by Gasteiger charge is -2.19. The highest BCUT2D eigenvalue weighted by atomic mass is 32.1. The van der Waals surface area contributed by atoms with E-state index in [9.17, 15) is 4.79 Å². The van der Waals surface area contributed by atoms with Gasteiger partial charge in [-0.05, 0) is 25.0 Å². The van der Waals surface area contributed by atoms with Gasteiger partial charge < -0.3 is 5.32 Å². The lowest BCUT2D eigenvalue weighted by atomic mass is 9.89. The topological polar surface area (TPSA) is 54.9 Å². The number of nitrogens with one attached hydrogen (secondary N) is 1. The highest BCUT2D eigenvalue weighted by molar-refractivity contribution is 7.14. The number of aromatic nitrogens is 2. The monoisotopic (exact) mass is 287 g/mol. The number of nitrogens with zero attached hydrogens (tertiary/aromatic N) is 2. The van der Waals surface area contributed by atoms with E-state index in [1.54, 1.807) is 12.4 Å². The molecule has 0 saturated heterocycles. The van der Waals surface area contributed by atoms with Crippen molar-refractivity contribution >= 4 is 22.4 Å². The second kappa shape index (κ2) is 6.13. The van der Waals surface area contributed by atoms with Crippen molar-refractivity contribution in [1.29, 1.82) is 0 Å². The standard InChI is InChI=1S/C15H17N3OS/c19-14(12-4-2-1-3-5-12)18-15-17-13(10-20-15)11-6-8-16-9-7-11/h6-10,12H,1-5H2,(H,17,18,19). The third kappa shape index (κ3) is 3.04. The molecule has 1 fully saturated rings. The second-order valence-electron chi connectivity index (χ2n) is 5.10. The van der Waals surface area contributed by atoms with E-state index in [2.05, 4.69) is 15.3 Å². The summed E-state index contributed by atoms with van der Waals surface area (Å²) in [5.41, 5.74) is 1.91. The summed E-state index contributed by atoms with van der Waals surface area (Å²) in [6.07, 6.45) is 9.09. The fraction of sp³-hybridized carbons (Fsp3) is 0.400. The minimum atomic E-state index is 0.125. The van der Waals surface area contributed by atoms with Gasteiger partial charge in [0.05, 0.1) is 5.69 Å². The summed E-state index contributed by atoms with van der Waals surface area (Å²) in [5.74, 6) is 0.289. The Hall–Kier alpha value is -1.75. The zero-order valence-electron chi connectivity index (χ0n) is 11.2. The van der Waals surface area contributed by atoms with Gasteiger partial charge in [-0.1, -0.05) is 19.3 Å². The van der Waals surface area contributed by atoms with E-state index in [0.717, 1.165) is 36.9 Å². The van der Waals surface area contributed by atoms with Crippen LogP contribution in [0.2, 0.25) is 0 Å². The number of pyridine rings is 1. The van der Waals surface area contributed by atoms with Gasteiger partial charge in [0.1, 0.15) is 0 Å². The Morgan fingerprint density at radius 2 is 1.95 bits per heavy atom. The molecule has 20 heavy (non-hydrogen) atoms. The molecule has 0 bridgehead atoms. The number of anilines is 1. The van der Waals surface area contributed by atoms with Gasteiger partial charge in [-0.25, -0.2) is 4.98 Å². The number of amides is 1. The Balaban J connectivity index is 1.66. The van der Waals surface area contributed by atoms with Crippen LogP contribution in [0, 0.1) is 5.92 Å². The maximum Gasteiger partial charge on any atom is 0.229 e. The van der Waals surface area contributed by atoms with Crippen molar-refractivity contribution < 1.29 is 4.79 Å². The molecule has 0 unspecified atom stereocenters. The summed E-state index contributed by atoms with van der Waals surface area (Å²) >= 11 is 1.47. The van der Waals surface area contributed by atoms with Crippen molar-refractivity contribution in [2.75, 3.05) is 5.32 Å². The molecule has 0 radical (unpaired) electrons. The average Bonchev–Trinajstić information content (AvgIpc) is 2.97. The van der Waals surface area contributed by atoms with Crippen LogP contribution in [-0.2, 0) is 4.79 Å². The van der Waals surface area contributed by atoms with Crippen LogP contribution in [0.3, 0.4) is 0 Å². The maximum atomic E-state index is 12.2. The third-order valence-electron chi connectivity index (χ3n) is 3.69. The fourth-order valence-corrected chi connectivity index (χ4v) is 3.28. The Morgan fingerprint density at radius 3 is 2.70 bits per heavy atom. The molecule has 2 heterocycles. The lowest BCUT2D eigenvalue weighted by molar-refractivity contribution is -0.120. The molecule has 1 saturated carbocycles. The van der Waals surface area contributed by atoms with Crippen molar-refractivity contribution in [3.05, 3.63) is 29.9 Å². The summed E-state index contributed by atoms with van der Waals surface area (Å²) in [4.78, 5) is 20.6. The van der Waals surface area contributed by atoms with Crippen LogP contribution in [0.5, 0.6) is 0 Å². The second-order valence-corrected chi connectivity index (χ2v) is 5.96. The van der Waals surface area contributed by atoms with Gasteiger partial charge in [-0.2, -0.15) is 0 Å². The van der Waals surface area contributed by atoms with Crippen LogP contribution in [0.15, 0.2) is 29.9 Å². The molecule has 2 aromatic rings. The number of carbonyl (C=O) groups excluding carboxylic acids is 1.